The number of carbonyl (C=O) groups is 1. The van der Waals surface area contributed by atoms with Crippen LogP contribution in [0.2, 0.25) is 0 Å². The summed E-state index contributed by atoms with van der Waals surface area (Å²) in [5.74, 6) is 1.43. The van der Waals surface area contributed by atoms with Crippen LogP contribution in [0.5, 0.6) is 5.88 Å². The molecule has 0 aliphatic heterocycles. The van der Waals surface area contributed by atoms with Gasteiger partial charge in [0.25, 0.3) is 5.91 Å². The van der Waals surface area contributed by atoms with Crippen LogP contribution in [0.4, 0.5) is 0 Å². The van der Waals surface area contributed by atoms with E-state index in [0.717, 1.165) is 11.4 Å². The minimum atomic E-state index is -0.401. The molecule has 0 unspecified atom stereocenters. The minimum Gasteiger partial charge on any atom is -0.477 e. The van der Waals surface area contributed by atoms with Crippen molar-refractivity contribution in [1.82, 2.24) is 34.8 Å². The van der Waals surface area contributed by atoms with E-state index in [1.165, 1.54) is 6.20 Å². The summed E-state index contributed by atoms with van der Waals surface area (Å²) in [7, 11) is 1.90. The largest absolute Gasteiger partial charge is 0.477 e. The zero-order valence-corrected chi connectivity index (χ0v) is 17.6. The number of aromatic nitrogens is 6. The fourth-order valence-electron chi connectivity index (χ4n) is 3.32. The van der Waals surface area contributed by atoms with Crippen molar-refractivity contribution >= 4 is 5.91 Å². The number of hydrogen-bond acceptors (Lipinski definition) is 6. The van der Waals surface area contributed by atoms with Crippen LogP contribution < -0.4 is 10.1 Å². The van der Waals surface area contributed by atoms with Gasteiger partial charge in [0.1, 0.15) is 11.9 Å². The number of nitrogens with zero attached hydrogens (tertiary/aromatic N) is 6. The monoisotopic (exact) mass is 417 g/mol. The number of nitrogens with one attached hydrogen (secondary N) is 1. The first kappa shape index (κ1) is 20.3. The maximum Gasteiger partial charge on any atom is 0.255 e. The number of benzene rings is 1. The van der Waals surface area contributed by atoms with Gasteiger partial charge < -0.3 is 14.6 Å². The third-order valence-electron chi connectivity index (χ3n) is 4.91. The Morgan fingerprint density at radius 1 is 1.16 bits per heavy atom. The van der Waals surface area contributed by atoms with Crippen molar-refractivity contribution in [2.75, 3.05) is 6.61 Å². The van der Waals surface area contributed by atoms with E-state index in [2.05, 4.69) is 25.6 Å². The van der Waals surface area contributed by atoms with Crippen LogP contribution >= 0.6 is 0 Å². The standard InChI is InChI=1S/C22H23N7O2/c1-4-31-19-11-10-18(26-27-19)29-15(2)17(14-24-29)22(30)25-20(16-8-6-5-7-9-16)21-23-12-13-28(21)3/h5-14,20H,4H2,1-3H3,(H,25,30)/t20-/m1/s1. The molecule has 0 saturated heterocycles. The molecule has 9 nitrogen and oxygen atoms in total. The minimum absolute atomic E-state index is 0.250. The average molecular weight is 417 g/mol. The smallest absolute Gasteiger partial charge is 0.255 e. The van der Waals surface area contributed by atoms with E-state index < -0.39 is 6.04 Å². The summed E-state index contributed by atoms with van der Waals surface area (Å²) in [4.78, 5) is 17.6. The van der Waals surface area contributed by atoms with E-state index in [4.69, 9.17) is 4.74 Å². The number of rotatable bonds is 7. The summed E-state index contributed by atoms with van der Waals surface area (Å²) in [5, 5.41) is 15.6. The van der Waals surface area contributed by atoms with E-state index in [9.17, 15) is 4.79 Å². The lowest BCUT2D eigenvalue weighted by molar-refractivity contribution is 0.0940. The highest BCUT2D eigenvalue weighted by Gasteiger charge is 2.24. The molecule has 0 saturated carbocycles. The van der Waals surface area contributed by atoms with Crippen LogP contribution in [0.1, 0.15) is 40.4 Å². The van der Waals surface area contributed by atoms with Gasteiger partial charge in [-0.1, -0.05) is 30.3 Å². The van der Waals surface area contributed by atoms with E-state index in [1.807, 2.05) is 62.0 Å². The summed E-state index contributed by atoms with van der Waals surface area (Å²) in [6.45, 7) is 4.21. The fraction of sp³-hybridized carbons (Fsp3) is 0.227. The molecular formula is C22H23N7O2. The molecule has 4 rings (SSSR count). The lowest BCUT2D eigenvalue weighted by Crippen LogP contribution is -2.31. The third-order valence-corrected chi connectivity index (χ3v) is 4.91. The number of imidazole rings is 1. The highest BCUT2D eigenvalue weighted by atomic mass is 16.5. The molecule has 9 heteroatoms. The summed E-state index contributed by atoms with van der Waals surface area (Å²) in [6.07, 6.45) is 5.10. The van der Waals surface area contributed by atoms with Crippen molar-refractivity contribution < 1.29 is 9.53 Å². The molecule has 1 N–H and O–H groups in total. The van der Waals surface area contributed by atoms with Crippen molar-refractivity contribution in [3.8, 4) is 11.7 Å². The van der Waals surface area contributed by atoms with Crippen LogP contribution in [0.25, 0.3) is 5.82 Å². The SMILES string of the molecule is CCOc1ccc(-n2ncc(C(=O)N[C@H](c3ccccc3)c3nccn3C)c2C)nn1. The molecular weight excluding hydrogens is 394 g/mol. The van der Waals surface area contributed by atoms with Gasteiger partial charge in [-0.05, 0) is 25.5 Å². The molecule has 3 aromatic heterocycles. The van der Waals surface area contributed by atoms with Crippen molar-refractivity contribution in [2.45, 2.75) is 19.9 Å². The molecule has 1 amide bonds. The van der Waals surface area contributed by atoms with Crippen LogP contribution in [-0.2, 0) is 7.05 Å². The van der Waals surface area contributed by atoms with Crippen molar-refractivity contribution in [3.63, 3.8) is 0 Å². The molecule has 1 aromatic carbocycles. The first-order valence-corrected chi connectivity index (χ1v) is 9.93. The van der Waals surface area contributed by atoms with Crippen molar-refractivity contribution in [1.29, 1.82) is 0 Å². The van der Waals surface area contributed by atoms with Gasteiger partial charge in [0.15, 0.2) is 5.82 Å². The van der Waals surface area contributed by atoms with E-state index in [1.54, 1.807) is 23.0 Å². The second-order valence-electron chi connectivity index (χ2n) is 6.93. The van der Waals surface area contributed by atoms with Crippen LogP contribution in [0.3, 0.4) is 0 Å². The Morgan fingerprint density at radius 2 is 1.97 bits per heavy atom. The molecule has 0 fully saturated rings. The lowest BCUT2D eigenvalue weighted by atomic mass is 10.1. The van der Waals surface area contributed by atoms with Gasteiger partial charge in [-0.15, -0.1) is 10.2 Å². The van der Waals surface area contributed by atoms with Crippen LogP contribution in [-0.4, -0.2) is 42.0 Å². The average Bonchev–Trinajstić information content (AvgIpc) is 3.39. The van der Waals surface area contributed by atoms with Gasteiger partial charge in [-0.3, -0.25) is 4.79 Å². The molecule has 0 radical (unpaired) electrons. The summed E-state index contributed by atoms with van der Waals surface area (Å²) in [6, 6.07) is 12.8. The Balaban J connectivity index is 1.61. The van der Waals surface area contributed by atoms with Gasteiger partial charge in [-0.2, -0.15) is 5.10 Å². The first-order valence-electron chi connectivity index (χ1n) is 9.93. The van der Waals surface area contributed by atoms with E-state index >= 15 is 0 Å². The summed E-state index contributed by atoms with van der Waals surface area (Å²) >= 11 is 0. The maximum absolute atomic E-state index is 13.2. The molecule has 0 aliphatic carbocycles. The lowest BCUT2D eigenvalue weighted by Gasteiger charge is -2.19. The highest BCUT2D eigenvalue weighted by molar-refractivity contribution is 5.95. The summed E-state index contributed by atoms with van der Waals surface area (Å²) < 4.78 is 8.80. The number of ether oxygens (including phenoxy) is 1. The van der Waals surface area contributed by atoms with Gasteiger partial charge in [0.2, 0.25) is 5.88 Å². The fourth-order valence-corrected chi connectivity index (χ4v) is 3.32. The molecule has 3 heterocycles. The Bertz CT molecular complexity index is 1170. The zero-order chi connectivity index (χ0) is 21.8. The second-order valence-corrected chi connectivity index (χ2v) is 6.93. The molecule has 0 bridgehead atoms. The predicted octanol–water partition coefficient (Wildman–Crippen LogP) is 2.62. The van der Waals surface area contributed by atoms with E-state index in [0.29, 0.717) is 29.6 Å². The van der Waals surface area contributed by atoms with Gasteiger partial charge >= 0.3 is 0 Å². The first-order chi connectivity index (χ1) is 15.1. The van der Waals surface area contributed by atoms with Crippen molar-refractivity contribution in [2.24, 2.45) is 7.05 Å². The van der Waals surface area contributed by atoms with Crippen LogP contribution in [0, 0.1) is 6.92 Å². The number of hydrogen-bond donors (Lipinski definition) is 1. The predicted molar refractivity (Wildman–Crippen MR) is 114 cm³/mol. The topological polar surface area (TPSA) is 99.8 Å². The summed E-state index contributed by atoms with van der Waals surface area (Å²) in [5.41, 5.74) is 2.04. The van der Waals surface area contributed by atoms with Gasteiger partial charge in [-0.25, -0.2) is 9.67 Å². The Kier molecular flexibility index (Phi) is 5.74. The molecule has 4 aromatic rings. The quantitative estimate of drug-likeness (QED) is 0.496. The highest BCUT2D eigenvalue weighted by Crippen LogP contribution is 2.22. The molecule has 158 valence electrons. The van der Waals surface area contributed by atoms with Crippen LogP contribution in [0.15, 0.2) is 61.1 Å². The number of aryl methyl sites for hydroxylation is 1. The Labute approximate surface area is 179 Å². The molecule has 0 aliphatic rings. The molecule has 31 heavy (non-hydrogen) atoms. The number of amides is 1. The Hall–Kier alpha value is -4.01. The molecule has 1 atom stereocenters. The third kappa shape index (κ3) is 4.16. The normalized spacial score (nSPS) is 11.8. The number of carbonyl (C=O) groups excluding carboxylic acids is 1. The van der Waals surface area contributed by atoms with Crippen molar-refractivity contribution in [3.05, 3.63) is 83.7 Å². The zero-order valence-electron chi connectivity index (χ0n) is 17.6. The van der Waals surface area contributed by atoms with Gasteiger partial charge in [0.05, 0.1) is 24.1 Å². The van der Waals surface area contributed by atoms with E-state index in [-0.39, 0.29) is 5.91 Å². The van der Waals surface area contributed by atoms with Gasteiger partial charge in [0, 0.05) is 25.5 Å². The maximum atomic E-state index is 13.2. The second kappa shape index (κ2) is 8.78. The molecule has 0 spiro atoms. The Morgan fingerprint density at radius 3 is 2.61 bits per heavy atom.